The summed E-state index contributed by atoms with van der Waals surface area (Å²) in [6.07, 6.45) is 3.54. The molecule has 2 nitrogen and oxygen atoms in total. The van der Waals surface area contributed by atoms with Crippen LogP contribution in [0.15, 0.2) is 24.3 Å². The predicted molar refractivity (Wildman–Crippen MR) is 74.2 cm³/mol. The van der Waals surface area contributed by atoms with Crippen molar-refractivity contribution in [2.24, 2.45) is 0 Å². The molecule has 17 heavy (non-hydrogen) atoms. The average molecular weight is 447 g/mol. The van der Waals surface area contributed by atoms with Crippen molar-refractivity contribution in [2.75, 3.05) is 7.05 Å². The molecule has 1 aliphatic rings. The summed E-state index contributed by atoms with van der Waals surface area (Å²) in [5, 5.41) is 3.86. The number of nitrogens with one attached hydrogen (secondary N) is 1. The van der Waals surface area contributed by atoms with Crippen LogP contribution in [0.5, 0.6) is 0 Å². The summed E-state index contributed by atoms with van der Waals surface area (Å²) in [5.74, 6) is 0.259. The zero-order chi connectivity index (χ0) is 11.6. The molecule has 1 N–H and O–H groups in total. The fourth-order valence-corrected chi connectivity index (χ4v) is 2.82. The number of carbonyl (C=O) groups is 1. The molecule has 4 heteroatoms. The molecule has 1 aromatic rings. The van der Waals surface area contributed by atoms with E-state index >= 15 is 0 Å². The first kappa shape index (κ1) is 15.1. The second kappa shape index (κ2) is 6.29. The van der Waals surface area contributed by atoms with Crippen molar-refractivity contribution in [2.45, 2.75) is 31.2 Å². The molecule has 1 aliphatic carbocycles. The molecule has 1 aromatic carbocycles. The first-order valence-corrected chi connectivity index (χ1v) is 6.06. The van der Waals surface area contributed by atoms with Gasteiger partial charge in [0.05, 0.1) is 0 Å². The van der Waals surface area contributed by atoms with Crippen molar-refractivity contribution >= 4 is 44.7 Å². The Labute approximate surface area is 127 Å². The Kier molecular flexibility index (Phi) is 5.60. The van der Waals surface area contributed by atoms with Crippen molar-refractivity contribution < 1.29 is 4.79 Å². The Morgan fingerprint density at radius 3 is 2.59 bits per heavy atom. The molecule has 0 bridgehead atoms. The topological polar surface area (TPSA) is 29.1 Å². The molecular weight excluding hydrogens is 429 g/mol. The van der Waals surface area contributed by atoms with Gasteiger partial charge in [-0.25, -0.2) is 0 Å². The van der Waals surface area contributed by atoms with Crippen LogP contribution >= 0.6 is 11.6 Å². The third-order valence-electron chi connectivity index (χ3n) is 3.44. The first-order valence-electron chi connectivity index (χ1n) is 5.68. The minimum absolute atomic E-state index is 0. The third-order valence-corrected chi connectivity index (χ3v) is 3.77. The molecule has 0 aliphatic heterocycles. The number of hydrogen-bond donors (Lipinski definition) is 1. The van der Waals surface area contributed by atoms with Gasteiger partial charge in [0, 0.05) is 11.4 Å². The Balaban J connectivity index is 0.00000144. The number of carbonyl (C=O) groups excluding carboxylic acids is 1. The van der Waals surface area contributed by atoms with Crippen LogP contribution in [0.4, 0.5) is 0 Å². The average Bonchev–Trinajstić information content (AvgIpc) is 2.31. The standard InChI is InChI=1S/C13H16ClNO.Pb.2H/c1-15-13(9-5-4-8-12(13)16)10-6-2-3-7-11(10)14;;;/h2-3,6-7,15H,4-5,8-9H2,1H3;;;. The normalized spacial score (nSPS) is 24.2. The minimum atomic E-state index is -0.559. The van der Waals surface area contributed by atoms with Crippen molar-refractivity contribution in [1.82, 2.24) is 5.32 Å². The van der Waals surface area contributed by atoms with Crippen LogP contribution in [-0.2, 0) is 10.3 Å². The van der Waals surface area contributed by atoms with Crippen LogP contribution < -0.4 is 5.32 Å². The maximum absolute atomic E-state index is 12.2. The van der Waals surface area contributed by atoms with Crippen LogP contribution in [0.3, 0.4) is 0 Å². The van der Waals surface area contributed by atoms with Crippen molar-refractivity contribution in [1.29, 1.82) is 0 Å². The van der Waals surface area contributed by atoms with Gasteiger partial charge < -0.3 is 5.32 Å². The zero-order valence-electron chi connectivity index (χ0n) is 10.1. The molecule has 1 atom stereocenters. The van der Waals surface area contributed by atoms with Crippen LogP contribution in [0.25, 0.3) is 0 Å². The molecule has 1 fully saturated rings. The predicted octanol–water partition coefficient (Wildman–Crippen LogP) is 1.98. The van der Waals surface area contributed by atoms with E-state index in [1.807, 2.05) is 31.3 Å². The number of benzene rings is 1. The monoisotopic (exact) mass is 447 g/mol. The van der Waals surface area contributed by atoms with Crippen molar-refractivity contribution in [3.63, 3.8) is 0 Å². The molecule has 2 radical (unpaired) electrons. The summed E-state index contributed by atoms with van der Waals surface area (Å²) in [5.41, 5.74) is 0.361. The van der Waals surface area contributed by atoms with Gasteiger partial charge in [-0.3, -0.25) is 4.79 Å². The van der Waals surface area contributed by atoms with Gasteiger partial charge in [0.15, 0.2) is 5.78 Å². The van der Waals surface area contributed by atoms with Gasteiger partial charge in [-0.2, -0.15) is 0 Å². The zero-order valence-corrected chi connectivity index (χ0v) is 16.4. The molecule has 0 aromatic heterocycles. The molecule has 92 valence electrons. The first-order chi connectivity index (χ1) is 7.70. The molecule has 0 spiro atoms. The van der Waals surface area contributed by atoms with E-state index < -0.39 is 5.54 Å². The summed E-state index contributed by atoms with van der Waals surface area (Å²) >= 11 is 6.20. The molecule has 1 saturated carbocycles. The van der Waals surface area contributed by atoms with Gasteiger partial charge in [-0.15, -0.1) is 0 Å². The molecule has 0 saturated heterocycles. The number of hydrogen-bond acceptors (Lipinski definition) is 2. The molecule has 0 amide bonds. The van der Waals surface area contributed by atoms with Gasteiger partial charge >= 0.3 is 27.3 Å². The number of Topliss-reactive ketones (excluding diaryl/α,β-unsaturated/α-hetero) is 1. The van der Waals surface area contributed by atoms with Gasteiger partial charge in [-0.05, 0) is 31.5 Å². The van der Waals surface area contributed by atoms with Crippen LogP contribution in [0.1, 0.15) is 31.2 Å². The molecule has 0 heterocycles. The Bertz CT molecular complexity index is 410. The Morgan fingerprint density at radius 2 is 2.00 bits per heavy atom. The molecular formula is C13H18ClNOPb. The number of ketones is 1. The van der Waals surface area contributed by atoms with E-state index in [2.05, 4.69) is 5.32 Å². The van der Waals surface area contributed by atoms with E-state index in [4.69, 9.17) is 11.6 Å². The third kappa shape index (κ3) is 2.74. The number of rotatable bonds is 2. The van der Waals surface area contributed by atoms with Crippen LogP contribution in [0, 0.1) is 0 Å². The Hall–Kier alpha value is 0.0621. The number of likely N-dealkylation sites (N-methyl/N-ethyl adjacent to an activating group) is 1. The van der Waals surface area contributed by atoms with Gasteiger partial charge in [-0.1, -0.05) is 36.2 Å². The van der Waals surface area contributed by atoms with Crippen LogP contribution in [0.2, 0.25) is 5.02 Å². The van der Waals surface area contributed by atoms with Crippen LogP contribution in [-0.4, -0.2) is 40.1 Å². The van der Waals surface area contributed by atoms with E-state index in [9.17, 15) is 4.79 Å². The summed E-state index contributed by atoms with van der Waals surface area (Å²) in [4.78, 5) is 12.2. The van der Waals surface area contributed by atoms with E-state index in [0.29, 0.717) is 11.4 Å². The summed E-state index contributed by atoms with van der Waals surface area (Å²) < 4.78 is 0. The summed E-state index contributed by atoms with van der Waals surface area (Å²) in [6, 6.07) is 7.62. The molecule has 1 unspecified atom stereocenters. The van der Waals surface area contributed by atoms with E-state index in [-0.39, 0.29) is 33.1 Å². The van der Waals surface area contributed by atoms with E-state index in [0.717, 1.165) is 24.8 Å². The number of halogens is 1. The van der Waals surface area contributed by atoms with Crippen molar-refractivity contribution in [3.05, 3.63) is 34.9 Å². The second-order valence-corrected chi connectivity index (χ2v) is 4.67. The quantitative estimate of drug-likeness (QED) is 0.704. The van der Waals surface area contributed by atoms with Gasteiger partial charge in [0.2, 0.25) is 0 Å². The van der Waals surface area contributed by atoms with Gasteiger partial charge in [0.25, 0.3) is 0 Å². The SMILES string of the molecule is CNC1(c2ccccc2Cl)CCCCC1=O.[PbH2]. The summed E-state index contributed by atoms with van der Waals surface area (Å²) in [6.45, 7) is 0. The summed E-state index contributed by atoms with van der Waals surface area (Å²) in [7, 11) is 1.84. The van der Waals surface area contributed by atoms with Crippen molar-refractivity contribution in [3.8, 4) is 0 Å². The van der Waals surface area contributed by atoms with E-state index in [1.165, 1.54) is 0 Å². The van der Waals surface area contributed by atoms with E-state index in [1.54, 1.807) is 0 Å². The maximum atomic E-state index is 12.2. The second-order valence-electron chi connectivity index (χ2n) is 4.27. The van der Waals surface area contributed by atoms with Gasteiger partial charge in [0.1, 0.15) is 5.54 Å². The fraction of sp³-hybridized carbons (Fsp3) is 0.462. The molecule has 2 rings (SSSR count). The Morgan fingerprint density at radius 1 is 1.29 bits per heavy atom. The fourth-order valence-electron chi connectivity index (χ4n) is 2.52.